The van der Waals surface area contributed by atoms with E-state index in [9.17, 15) is 9.59 Å². The van der Waals surface area contributed by atoms with Gasteiger partial charge in [0.1, 0.15) is 0 Å². The minimum absolute atomic E-state index is 0.0270. The second kappa shape index (κ2) is 10.7. The number of amides is 2. The molecule has 1 N–H and O–H groups in total. The highest BCUT2D eigenvalue weighted by Crippen LogP contribution is 2.20. The van der Waals surface area contributed by atoms with Gasteiger partial charge in [0.25, 0.3) is 5.91 Å². The lowest BCUT2D eigenvalue weighted by Gasteiger charge is -2.26. The zero-order valence-corrected chi connectivity index (χ0v) is 20.0. The fraction of sp³-hybridized carbons (Fsp3) is 0.269. The van der Waals surface area contributed by atoms with E-state index in [4.69, 9.17) is 16.3 Å². The van der Waals surface area contributed by atoms with Crippen LogP contribution in [0.2, 0.25) is 5.02 Å². The maximum atomic E-state index is 12.5. The van der Waals surface area contributed by atoms with Crippen LogP contribution in [0.4, 0.5) is 5.69 Å². The minimum atomic E-state index is -0.259. The number of anilines is 1. The summed E-state index contributed by atoms with van der Waals surface area (Å²) in [4.78, 5) is 26.8. The van der Waals surface area contributed by atoms with Crippen LogP contribution in [-0.2, 0) is 16.1 Å². The van der Waals surface area contributed by atoms with E-state index in [1.807, 2.05) is 42.8 Å². The molecule has 2 aromatic carbocycles. The third-order valence-electron chi connectivity index (χ3n) is 5.81. The van der Waals surface area contributed by atoms with Crippen LogP contribution in [0.25, 0.3) is 6.08 Å². The third kappa shape index (κ3) is 5.55. The van der Waals surface area contributed by atoms with Gasteiger partial charge in [-0.3, -0.25) is 14.3 Å². The summed E-state index contributed by atoms with van der Waals surface area (Å²) in [6.07, 6.45) is 3.26. The first-order valence-electron chi connectivity index (χ1n) is 11.2. The van der Waals surface area contributed by atoms with E-state index in [1.54, 1.807) is 35.2 Å². The molecule has 3 aromatic rings. The van der Waals surface area contributed by atoms with Gasteiger partial charge in [0.15, 0.2) is 0 Å². The number of ether oxygens (including phenoxy) is 1. The molecule has 7 nitrogen and oxygen atoms in total. The van der Waals surface area contributed by atoms with Gasteiger partial charge in [0, 0.05) is 46.7 Å². The number of carbonyl (C=O) groups excluding carboxylic acids is 2. The van der Waals surface area contributed by atoms with Crippen molar-refractivity contribution in [3.8, 4) is 0 Å². The van der Waals surface area contributed by atoms with Crippen LogP contribution in [0.15, 0.2) is 54.6 Å². The van der Waals surface area contributed by atoms with Gasteiger partial charge in [0.2, 0.25) is 5.91 Å². The third-order valence-corrected chi connectivity index (χ3v) is 6.18. The predicted molar refractivity (Wildman–Crippen MR) is 133 cm³/mol. The second-order valence-corrected chi connectivity index (χ2v) is 8.55. The lowest BCUT2D eigenvalue weighted by molar-refractivity contribution is -0.111. The molecule has 1 aromatic heterocycles. The molecule has 34 heavy (non-hydrogen) atoms. The Morgan fingerprint density at radius 2 is 1.79 bits per heavy atom. The normalized spacial score (nSPS) is 13.9. The summed E-state index contributed by atoms with van der Waals surface area (Å²) in [7, 11) is 0. The fourth-order valence-electron chi connectivity index (χ4n) is 3.88. The highest BCUT2D eigenvalue weighted by atomic mass is 35.5. The summed E-state index contributed by atoms with van der Waals surface area (Å²) in [5, 5.41) is 8.14. The Morgan fingerprint density at radius 3 is 2.50 bits per heavy atom. The number of aryl methyl sites for hydroxylation is 1. The quantitative estimate of drug-likeness (QED) is 0.535. The van der Waals surface area contributed by atoms with Crippen molar-refractivity contribution in [3.63, 3.8) is 0 Å². The van der Waals surface area contributed by atoms with Gasteiger partial charge in [0.05, 0.1) is 25.5 Å². The number of hydrogen-bond donors (Lipinski definition) is 1. The van der Waals surface area contributed by atoms with Crippen LogP contribution in [0, 0.1) is 13.8 Å². The molecule has 1 aliphatic heterocycles. The SMILES string of the molecule is Cc1nn(Cc2ccccc2Cl)c(C)c1/C=C/C(=O)Nc1ccc(C(=O)N2CCOCC2)cc1. The number of nitrogens with one attached hydrogen (secondary N) is 1. The Kier molecular flexibility index (Phi) is 7.45. The van der Waals surface area contributed by atoms with Crippen molar-refractivity contribution in [1.82, 2.24) is 14.7 Å². The lowest BCUT2D eigenvalue weighted by atomic mass is 10.1. The van der Waals surface area contributed by atoms with Crippen molar-refractivity contribution in [2.45, 2.75) is 20.4 Å². The summed E-state index contributed by atoms with van der Waals surface area (Å²) < 4.78 is 7.18. The van der Waals surface area contributed by atoms with Crippen molar-refractivity contribution in [2.75, 3.05) is 31.6 Å². The van der Waals surface area contributed by atoms with Crippen LogP contribution in [0.1, 0.15) is 32.9 Å². The summed E-state index contributed by atoms with van der Waals surface area (Å²) in [6.45, 7) is 6.75. The number of rotatable bonds is 6. The Hall–Kier alpha value is -3.42. The van der Waals surface area contributed by atoms with Crippen molar-refractivity contribution < 1.29 is 14.3 Å². The van der Waals surface area contributed by atoms with E-state index < -0.39 is 0 Å². The van der Waals surface area contributed by atoms with Crippen molar-refractivity contribution >= 4 is 35.2 Å². The first-order chi connectivity index (χ1) is 16.4. The average Bonchev–Trinajstić information content (AvgIpc) is 3.11. The fourth-order valence-corrected chi connectivity index (χ4v) is 4.08. The molecule has 2 heterocycles. The summed E-state index contributed by atoms with van der Waals surface area (Å²) >= 11 is 6.29. The number of morpholine rings is 1. The zero-order valence-electron chi connectivity index (χ0n) is 19.3. The maximum Gasteiger partial charge on any atom is 0.254 e. The van der Waals surface area contributed by atoms with Gasteiger partial charge in [-0.25, -0.2) is 0 Å². The number of aromatic nitrogens is 2. The molecule has 0 radical (unpaired) electrons. The molecule has 0 bridgehead atoms. The first kappa shape index (κ1) is 23.7. The highest BCUT2D eigenvalue weighted by molar-refractivity contribution is 6.31. The summed E-state index contributed by atoms with van der Waals surface area (Å²) in [5.41, 5.74) is 4.88. The standard InChI is InChI=1S/C26H27ClN4O3/c1-18-23(19(2)31(29-18)17-21-5-3-4-6-24(21)27)11-12-25(32)28-22-9-7-20(8-10-22)26(33)30-13-15-34-16-14-30/h3-12H,13-17H2,1-2H3,(H,28,32)/b12-11+. The molecule has 2 amide bonds. The number of halogens is 1. The molecule has 0 unspecified atom stereocenters. The van der Waals surface area contributed by atoms with Crippen LogP contribution in [-0.4, -0.2) is 52.8 Å². The number of hydrogen-bond acceptors (Lipinski definition) is 4. The Balaban J connectivity index is 1.39. The molecule has 0 atom stereocenters. The Bertz CT molecular complexity index is 1210. The van der Waals surface area contributed by atoms with E-state index in [1.165, 1.54) is 6.08 Å². The summed E-state index contributed by atoms with van der Waals surface area (Å²) in [5.74, 6) is -0.286. The summed E-state index contributed by atoms with van der Waals surface area (Å²) in [6, 6.07) is 14.6. The number of carbonyl (C=O) groups is 2. The zero-order chi connectivity index (χ0) is 24.1. The second-order valence-electron chi connectivity index (χ2n) is 8.14. The van der Waals surface area contributed by atoms with Crippen LogP contribution in [0.5, 0.6) is 0 Å². The van der Waals surface area contributed by atoms with Crippen molar-refractivity contribution in [2.24, 2.45) is 0 Å². The van der Waals surface area contributed by atoms with Gasteiger partial charge < -0.3 is 15.0 Å². The molecule has 1 saturated heterocycles. The lowest BCUT2D eigenvalue weighted by Crippen LogP contribution is -2.40. The van der Waals surface area contributed by atoms with E-state index >= 15 is 0 Å². The number of nitrogens with zero attached hydrogens (tertiary/aromatic N) is 3. The largest absolute Gasteiger partial charge is 0.378 e. The van der Waals surface area contributed by atoms with Gasteiger partial charge in [-0.05, 0) is 55.8 Å². The van der Waals surface area contributed by atoms with E-state index in [0.29, 0.717) is 49.1 Å². The molecule has 0 saturated carbocycles. The van der Waals surface area contributed by atoms with E-state index in [0.717, 1.165) is 22.5 Å². The van der Waals surface area contributed by atoms with Gasteiger partial charge in [-0.1, -0.05) is 29.8 Å². The Labute approximate surface area is 204 Å². The van der Waals surface area contributed by atoms with Gasteiger partial charge in [-0.15, -0.1) is 0 Å². The average molecular weight is 479 g/mol. The van der Waals surface area contributed by atoms with Crippen LogP contribution < -0.4 is 5.32 Å². The van der Waals surface area contributed by atoms with E-state index in [2.05, 4.69) is 10.4 Å². The maximum absolute atomic E-state index is 12.5. The number of benzene rings is 2. The molecule has 1 aliphatic rings. The highest BCUT2D eigenvalue weighted by Gasteiger charge is 2.18. The monoisotopic (exact) mass is 478 g/mol. The molecular weight excluding hydrogens is 452 g/mol. The smallest absolute Gasteiger partial charge is 0.254 e. The topological polar surface area (TPSA) is 76.5 Å². The molecule has 0 spiro atoms. The predicted octanol–water partition coefficient (Wildman–Crippen LogP) is 4.33. The van der Waals surface area contributed by atoms with Crippen LogP contribution >= 0.6 is 11.6 Å². The van der Waals surface area contributed by atoms with Crippen molar-refractivity contribution in [3.05, 3.63) is 87.7 Å². The molecule has 0 aliphatic carbocycles. The van der Waals surface area contributed by atoms with Gasteiger partial charge in [-0.2, -0.15) is 5.10 Å². The molecule has 8 heteroatoms. The molecule has 4 rings (SSSR count). The molecule has 176 valence electrons. The van der Waals surface area contributed by atoms with E-state index in [-0.39, 0.29) is 11.8 Å². The molecular formula is C26H27ClN4O3. The minimum Gasteiger partial charge on any atom is -0.378 e. The van der Waals surface area contributed by atoms with Gasteiger partial charge >= 0.3 is 0 Å². The first-order valence-corrected chi connectivity index (χ1v) is 11.5. The molecule has 1 fully saturated rings. The Morgan fingerprint density at radius 1 is 1.09 bits per heavy atom. The van der Waals surface area contributed by atoms with Crippen molar-refractivity contribution in [1.29, 1.82) is 0 Å². The van der Waals surface area contributed by atoms with Crippen LogP contribution in [0.3, 0.4) is 0 Å².